The molecule has 8 rings (SSSR count). The van der Waals surface area contributed by atoms with Crippen molar-refractivity contribution in [3.63, 3.8) is 0 Å². The van der Waals surface area contributed by atoms with Gasteiger partial charge in [-0.3, -0.25) is 29.5 Å². The summed E-state index contributed by atoms with van der Waals surface area (Å²) in [6.45, 7) is 12.3. The topological polar surface area (TPSA) is 159 Å². The number of imide groups is 1. The second-order valence-electron chi connectivity index (χ2n) is 16.3. The van der Waals surface area contributed by atoms with Crippen LogP contribution in [0.2, 0.25) is 5.02 Å². The average Bonchev–Trinajstić information content (AvgIpc) is 3.89. The average molecular weight is 854 g/mol. The van der Waals surface area contributed by atoms with E-state index in [-0.39, 0.29) is 29.2 Å². The van der Waals surface area contributed by atoms with Gasteiger partial charge < -0.3 is 25.3 Å². The zero-order chi connectivity index (χ0) is 41.8. The number of piperidine rings is 1. The largest absolute Gasteiger partial charge is 0.371 e. The molecule has 4 aliphatic heterocycles. The Balaban J connectivity index is 0.734. The van der Waals surface area contributed by atoms with Crippen molar-refractivity contribution in [2.24, 2.45) is 5.41 Å². The van der Waals surface area contributed by atoms with E-state index in [1.54, 1.807) is 17.2 Å². The van der Waals surface area contributed by atoms with E-state index in [9.17, 15) is 19.2 Å². The van der Waals surface area contributed by atoms with Crippen LogP contribution in [0.1, 0.15) is 66.0 Å². The Bertz CT molecular complexity index is 2200. The molecular formula is C43H52ClN11O4S. The first-order valence-electron chi connectivity index (χ1n) is 20.9. The molecule has 0 unspecified atom stereocenters. The maximum Gasteiger partial charge on any atom is 0.328 e. The number of aryl methyl sites for hydroxylation is 2. The van der Waals surface area contributed by atoms with Crippen molar-refractivity contribution in [2.75, 3.05) is 90.8 Å². The number of carbonyl (C=O) groups excluding carboxylic acids is 4. The second-order valence-corrected chi connectivity index (χ2v) is 17.7. The van der Waals surface area contributed by atoms with Crippen LogP contribution < -0.4 is 30.7 Å². The summed E-state index contributed by atoms with van der Waals surface area (Å²) in [7, 11) is 0. The molecule has 4 saturated heterocycles. The molecule has 0 bridgehead atoms. The minimum atomic E-state index is -0.367. The normalized spacial score (nSPS) is 18.2. The van der Waals surface area contributed by atoms with Crippen LogP contribution in [0.5, 0.6) is 0 Å². The number of halogens is 1. The van der Waals surface area contributed by atoms with Gasteiger partial charge in [0.1, 0.15) is 22.3 Å². The van der Waals surface area contributed by atoms with Crippen molar-refractivity contribution in [3.05, 3.63) is 76.0 Å². The van der Waals surface area contributed by atoms with Crippen molar-refractivity contribution in [2.45, 2.75) is 58.8 Å². The number of hydrogen-bond acceptors (Lipinski definition) is 12. The lowest BCUT2D eigenvalue weighted by Gasteiger charge is -2.40. The molecule has 4 aliphatic rings. The molecule has 60 heavy (non-hydrogen) atoms. The standard InChI is InChI=1S/C43H52ClN11O4S/c1-29-6-5-7-33(44)39(29)50-40(58)34-27-45-41(60-34)48-35-26-36(47-30(2)46-35)53-24-22-51(23-25-53)17-4-3-8-38(57)54-21-16-43(28-54)14-19-52(20-15-43)31-9-11-32(12-10-31)55-18-13-37(56)49-42(55)59/h5-7,9-12,26-27H,3-4,8,13-25,28H2,1-2H3,(H,50,58)(H,49,56,59)(H,45,46,47,48). The number of thiazole rings is 1. The maximum absolute atomic E-state index is 13.3. The van der Waals surface area contributed by atoms with Gasteiger partial charge in [-0.15, -0.1) is 0 Å². The van der Waals surface area contributed by atoms with Crippen molar-refractivity contribution in [3.8, 4) is 0 Å². The lowest BCUT2D eigenvalue weighted by molar-refractivity contribution is -0.130. The molecule has 15 nitrogen and oxygen atoms in total. The summed E-state index contributed by atoms with van der Waals surface area (Å²) in [5, 5.41) is 9.58. The summed E-state index contributed by atoms with van der Waals surface area (Å²) >= 11 is 7.55. The van der Waals surface area contributed by atoms with Crippen molar-refractivity contribution in [1.29, 1.82) is 0 Å². The lowest BCUT2D eigenvalue weighted by atomic mass is 9.77. The fourth-order valence-corrected chi connectivity index (χ4v) is 9.70. The number of piperazine rings is 1. The van der Waals surface area contributed by atoms with Crippen LogP contribution in [0.3, 0.4) is 0 Å². The van der Waals surface area contributed by atoms with Crippen LogP contribution in [-0.2, 0) is 9.59 Å². The molecule has 4 aromatic rings. The highest BCUT2D eigenvalue weighted by molar-refractivity contribution is 7.17. The molecule has 2 aromatic carbocycles. The number of hydrogen-bond donors (Lipinski definition) is 3. The second kappa shape index (κ2) is 18.1. The Morgan fingerprint density at radius 2 is 1.63 bits per heavy atom. The van der Waals surface area contributed by atoms with Crippen LogP contribution >= 0.6 is 22.9 Å². The Hall–Kier alpha value is -5.32. The Morgan fingerprint density at radius 1 is 0.883 bits per heavy atom. The van der Waals surface area contributed by atoms with Gasteiger partial charge in [-0.2, -0.15) is 0 Å². The van der Waals surface area contributed by atoms with Crippen molar-refractivity contribution >= 4 is 80.5 Å². The minimum absolute atomic E-state index is 0.198. The summed E-state index contributed by atoms with van der Waals surface area (Å²) in [6, 6.07) is 15.1. The van der Waals surface area contributed by atoms with Gasteiger partial charge >= 0.3 is 6.03 Å². The van der Waals surface area contributed by atoms with Gasteiger partial charge in [-0.05, 0) is 93.8 Å². The predicted molar refractivity (Wildman–Crippen MR) is 236 cm³/mol. The van der Waals surface area contributed by atoms with E-state index in [4.69, 9.17) is 16.6 Å². The molecule has 0 radical (unpaired) electrons. The molecule has 3 N–H and O–H groups in total. The van der Waals surface area contributed by atoms with Crippen LogP contribution in [0.4, 0.5) is 38.6 Å². The number of benzene rings is 2. The van der Waals surface area contributed by atoms with Gasteiger partial charge in [0.2, 0.25) is 11.8 Å². The molecule has 0 saturated carbocycles. The van der Waals surface area contributed by atoms with Crippen LogP contribution in [-0.4, -0.2) is 114 Å². The number of nitrogens with zero attached hydrogens (tertiary/aromatic N) is 8. The van der Waals surface area contributed by atoms with E-state index in [1.807, 2.05) is 44.2 Å². The third-order valence-electron chi connectivity index (χ3n) is 12.3. The first-order valence-corrected chi connectivity index (χ1v) is 22.1. The van der Waals surface area contributed by atoms with E-state index >= 15 is 0 Å². The Labute approximate surface area is 359 Å². The number of anilines is 6. The van der Waals surface area contributed by atoms with Crippen LogP contribution in [0.25, 0.3) is 0 Å². The highest BCUT2D eigenvalue weighted by Crippen LogP contribution is 2.42. The summed E-state index contributed by atoms with van der Waals surface area (Å²) < 4.78 is 0. The number of nitrogens with one attached hydrogen (secondary N) is 3. The predicted octanol–water partition coefficient (Wildman–Crippen LogP) is 6.46. The van der Waals surface area contributed by atoms with Gasteiger partial charge in [-0.25, -0.2) is 19.7 Å². The third-order valence-corrected chi connectivity index (χ3v) is 13.5. The van der Waals surface area contributed by atoms with Crippen LogP contribution in [0.15, 0.2) is 54.7 Å². The number of rotatable bonds is 12. The van der Waals surface area contributed by atoms with Gasteiger partial charge in [0.15, 0.2) is 5.13 Å². The number of amides is 5. The Kier molecular flexibility index (Phi) is 12.5. The number of para-hydroxylation sites is 1. The third kappa shape index (κ3) is 9.66. The molecule has 2 aromatic heterocycles. The molecule has 17 heteroatoms. The maximum atomic E-state index is 13.3. The van der Waals surface area contributed by atoms with E-state index in [0.717, 1.165) is 114 Å². The number of aromatic nitrogens is 3. The van der Waals surface area contributed by atoms with Gasteiger partial charge in [0.25, 0.3) is 5.91 Å². The van der Waals surface area contributed by atoms with Gasteiger partial charge in [0.05, 0.1) is 16.9 Å². The van der Waals surface area contributed by atoms with E-state index < -0.39 is 0 Å². The first kappa shape index (κ1) is 41.4. The number of urea groups is 1. The van der Waals surface area contributed by atoms with E-state index in [0.29, 0.717) is 51.7 Å². The molecule has 0 aliphatic carbocycles. The summed E-state index contributed by atoms with van der Waals surface area (Å²) in [5.41, 5.74) is 3.60. The van der Waals surface area contributed by atoms with Crippen molar-refractivity contribution < 1.29 is 19.2 Å². The zero-order valence-corrected chi connectivity index (χ0v) is 35.8. The number of carbonyl (C=O) groups is 4. The van der Waals surface area contributed by atoms with E-state index in [2.05, 4.69) is 57.7 Å². The highest BCUT2D eigenvalue weighted by atomic mass is 35.5. The molecular weight excluding hydrogens is 802 g/mol. The molecule has 0 atom stereocenters. The minimum Gasteiger partial charge on any atom is -0.371 e. The highest BCUT2D eigenvalue weighted by Gasteiger charge is 2.42. The first-order chi connectivity index (χ1) is 29.0. The van der Waals surface area contributed by atoms with Crippen molar-refractivity contribution in [1.82, 2.24) is 30.1 Å². The molecule has 5 amide bonds. The monoisotopic (exact) mass is 853 g/mol. The van der Waals surface area contributed by atoms with Crippen LogP contribution in [0, 0.1) is 19.3 Å². The molecule has 316 valence electrons. The number of unbranched alkanes of at least 4 members (excludes halogenated alkanes) is 1. The fraction of sp³-hybridized carbons (Fsp3) is 0.465. The SMILES string of the molecule is Cc1nc(Nc2ncc(C(=O)Nc3c(C)cccc3Cl)s2)cc(N2CCN(CCCCC(=O)N3CCC4(CCN(c5ccc(N6CCC(=O)NC6=O)cc5)CC4)C3)CC2)n1. The summed E-state index contributed by atoms with van der Waals surface area (Å²) in [5.74, 6) is 1.90. The molecule has 6 heterocycles. The Morgan fingerprint density at radius 3 is 2.38 bits per heavy atom. The molecule has 4 fully saturated rings. The quantitative estimate of drug-likeness (QED) is 0.134. The zero-order valence-electron chi connectivity index (χ0n) is 34.2. The molecule has 1 spiro atoms. The van der Waals surface area contributed by atoms with E-state index in [1.165, 1.54) is 11.3 Å². The van der Waals surface area contributed by atoms with Gasteiger partial charge in [-0.1, -0.05) is 35.1 Å². The number of likely N-dealkylation sites (tertiary alicyclic amines) is 1. The summed E-state index contributed by atoms with van der Waals surface area (Å²) in [4.78, 5) is 75.0. The lowest BCUT2D eigenvalue weighted by Crippen LogP contribution is -2.49. The summed E-state index contributed by atoms with van der Waals surface area (Å²) in [6.07, 6.45) is 7.52. The smallest absolute Gasteiger partial charge is 0.328 e. The fourth-order valence-electron chi connectivity index (χ4n) is 8.71. The van der Waals surface area contributed by atoms with Gasteiger partial charge in [0, 0.05) is 89.2 Å².